The molecule has 17 heavy (non-hydrogen) atoms. The van der Waals surface area contributed by atoms with E-state index < -0.39 is 17.6 Å². The SMILES string of the molecule is Cc1ccc(C(F)(F)F)cc1C#CCC(N)=O. The molecule has 0 aliphatic carbocycles. The van der Waals surface area contributed by atoms with Crippen LogP contribution in [-0.2, 0) is 11.0 Å². The number of rotatable bonds is 1. The number of aryl methyl sites for hydroxylation is 1. The Morgan fingerprint density at radius 1 is 1.41 bits per heavy atom. The summed E-state index contributed by atoms with van der Waals surface area (Å²) in [6.45, 7) is 1.65. The number of amides is 1. The highest BCUT2D eigenvalue weighted by Gasteiger charge is 2.30. The van der Waals surface area contributed by atoms with Crippen LogP contribution in [-0.4, -0.2) is 5.91 Å². The molecule has 1 aromatic rings. The largest absolute Gasteiger partial charge is 0.416 e. The first-order valence-corrected chi connectivity index (χ1v) is 4.75. The first-order valence-electron chi connectivity index (χ1n) is 4.75. The Balaban J connectivity index is 3.06. The molecule has 0 heterocycles. The molecule has 1 amide bonds. The average Bonchev–Trinajstić information content (AvgIpc) is 2.18. The number of primary amides is 1. The van der Waals surface area contributed by atoms with Crippen molar-refractivity contribution in [1.82, 2.24) is 0 Å². The molecular formula is C12H10F3NO. The van der Waals surface area contributed by atoms with Gasteiger partial charge in [0.05, 0.1) is 12.0 Å². The van der Waals surface area contributed by atoms with Crippen LogP contribution in [0.2, 0.25) is 0 Å². The number of alkyl halides is 3. The number of hydrogen-bond donors (Lipinski definition) is 1. The Morgan fingerprint density at radius 3 is 2.59 bits per heavy atom. The molecule has 0 fully saturated rings. The molecule has 0 spiro atoms. The maximum absolute atomic E-state index is 12.4. The lowest BCUT2D eigenvalue weighted by molar-refractivity contribution is -0.137. The lowest BCUT2D eigenvalue weighted by Crippen LogP contribution is -2.08. The van der Waals surface area contributed by atoms with Gasteiger partial charge in [-0.1, -0.05) is 17.9 Å². The Labute approximate surface area is 96.6 Å². The number of carbonyl (C=O) groups is 1. The van der Waals surface area contributed by atoms with E-state index in [9.17, 15) is 18.0 Å². The molecule has 0 unspecified atom stereocenters. The Bertz CT molecular complexity index is 495. The second-order valence-electron chi connectivity index (χ2n) is 3.47. The van der Waals surface area contributed by atoms with Crippen LogP contribution in [0.4, 0.5) is 13.2 Å². The lowest BCUT2D eigenvalue weighted by atomic mass is 10.0. The number of hydrogen-bond acceptors (Lipinski definition) is 1. The smallest absolute Gasteiger partial charge is 0.369 e. The van der Waals surface area contributed by atoms with Crippen molar-refractivity contribution >= 4 is 5.91 Å². The van der Waals surface area contributed by atoms with Crippen LogP contribution in [0.25, 0.3) is 0 Å². The molecule has 2 N–H and O–H groups in total. The fourth-order valence-electron chi connectivity index (χ4n) is 1.16. The quantitative estimate of drug-likeness (QED) is 0.753. The van der Waals surface area contributed by atoms with Crippen LogP contribution >= 0.6 is 0 Å². The van der Waals surface area contributed by atoms with Gasteiger partial charge >= 0.3 is 6.18 Å². The van der Waals surface area contributed by atoms with Gasteiger partial charge < -0.3 is 5.73 Å². The summed E-state index contributed by atoms with van der Waals surface area (Å²) in [4.78, 5) is 10.4. The maximum atomic E-state index is 12.4. The van der Waals surface area contributed by atoms with Crippen LogP contribution in [0.3, 0.4) is 0 Å². The van der Waals surface area contributed by atoms with Gasteiger partial charge in [0.1, 0.15) is 0 Å². The van der Waals surface area contributed by atoms with Crippen molar-refractivity contribution in [3.8, 4) is 11.8 Å². The first kappa shape index (κ1) is 13.1. The fourth-order valence-corrected chi connectivity index (χ4v) is 1.16. The van der Waals surface area contributed by atoms with E-state index in [4.69, 9.17) is 5.73 Å². The molecular weight excluding hydrogens is 231 g/mol. The number of halogens is 3. The van der Waals surface area contributed by atoms with E-state index in [1.54, 1.807) is 6.92 Å². The van der Waals surface area contributed by atoms with Gasteiger partial charge in [-0.2, -0.15) is 13.2 Å². The van der Waals surface area contributed by atoms with E-state index in [0.29, 0.717) is 5.56 Å². The van der Waals surface area contributed by atoms with Gasteiger partial charge in [0.25, 0.3) is 0 Å². The van der Waals surface area contributed by atoms with Gasteiger partial charge in [0.15, 0.2) is 0 Å². The van der Waals surface area contributed by atoms with Crippen LogP contribution in [0, 0.1) is 18.8 Å². The standard InChI is InChI=1S/C12H10F3NO/c1-8-5-6-10(12(13,14)15)7-9(8)3-2-4-11(16)17/h5-7H,4H2,1H3,(H2,16,17). The molecule has 5 heteroatoms. The van der Waals surface area contributed by atoms with Crippen LogP contribution in [0.1, 0.15) is 23.1 Å². The van der Waals surface area contributed by atoms with Gasteiger partial charge in [-0.3, -0.25) is 4.79 Å². The summed E-state index contributed by atoms with van der Waals surface area (Å²) in [5, 5.41) is 0. The van der Waals surface area contributed by atoms with Crippen molar-refractivity contribution in [1.29, 1.82) is 0 Å². The highest BCUT2D eigenvalue weighted by atomic mass is 19.4. The van der Waals surface area contributed by atoms with E-state index in [0.717, 1.165) is 12.1 Å². The second-order valence-corrected chi connectivity index (χ2v) is 3.47. The Morgan fingerprint density at radius 2 is 2.06 bits per heavy atom. The maximum Gasteiger partial charge on any atom is 0.416 e. The summed E-state index contributed by atoms with van der Waals surface area (Å²) in [6.07, 6.45) is -4.57. The van der Waals surface area contributed by atoms with E-state index in [-0.39, 0.29) is 12.0 Å². The third-order valence-electron chi connectivity index (χ3n) is 2.05. The second kappa shape index (κ2) is 4.91. The highest BCUT2D eigenvalue weighted by molar-refractivity contribution is 5.76. The minimum Gasteiger partial charge on any atom is -0.369 e. The molecule has 0 bridgehead atoms. The fraction of sp³-hybridized carbons (Fsp3) is 0.250. The van der Waals surface area contributed by atoms with Crippen molar-refractivity contribution in [2.24, 2.45) is 5.73 Å². The third kappa shape index (κ3) is 3.83. The average molecular weight is 241 g/mol. The van der Waals surface area contributed by atoms with Crippen molar-refractivity contribution in [3.63, 3.8) is 0 Å². The summed E-state index contributed by atoms with van der Waals surface area (Å²) in [6, 6.07) is 3.30. The van der Waals surface area contributed by atoms with Crippen LogP contribution in [0.15, 0.2) is 18.2 Å². The monoisotopic (exact) mass is 241 g/mol. The van der Waals surface area contributed by atoms with E-state index >= 15 is 0 Å². The number of nitrogens with two attached hydrogens (primary N) is 1. The van der Waals surface area contributed by atoms with Crippen molar-refractivity contribution in [3.05, 3.63) is 34.9 Å². The Kier molecular flexibility index (Phi) is 3.79. The molecule has 0 aliphatic heterocycles. The predicted molar refractivity (Wildman–Crippen MR) is 56.9 cm³/mol. The van der Waals surface area contributed by atoms with Gasteiger partial charge in [-0.25, -0.2) is 0 Å². The number of carbonyl (C=O) groups excluding carboxylic acids is 1. The third-order valence-corrected chi connectivity index (χ3v) is 2.05. The molecule has 0 radical (unpaired) electrons. The number of benzene rings is 1. The molecule has 2 nitrogen and oxygen atoms in total. The Hall–Kier alpha value is -1.96. The van der Waals surface area contributed by atoms with E-state index in [2.05, 4.69) is 11.8 Å². The topological polar surface area (TPSA) is 43.1 Å². The highest BCUT2D eigenvalue weighted by Crippen LogP contribution is 2.30. The van der Waals surface area contributed by atoms with Crippen LogP contribution < -0.4 is 5.73 Å². The molecule has 1 rings (SSSR count). The van der Waals surface area contributed by atoms with Crippen molar-refractivity contribution < 1.29 is 18.0 Å². The zero-order chi connectivity index (χ0) is 13.1. The summed E-state index contributed by atoms with van der Waals surface area (Å²) < 4.78 is 37.3. The van der Waals surface area contributed by atoms with E-state index in [1.807, 2.05) is 0 Å². The molecule has 0 saturated heterocycles. The van der Waals surface area contributed by atoms with Gasteiger partial charge in [-0.05, 0) is 24.6 Å². The summed E-state index contributed by atoms with van der Waals surface area (Å²) in [7, 11) is 0. The zero-order valence-corrected chi connectivity index (χ0v) is 9.06. The molecule has 90 valence electrons. The van der Waals surface area contributed by atoms with Crippen LogP contribution in [0.5, 0.6) is 0 Å². The minimum atomic E-state index is -4.40. The predicted octanol–water partition coefficient (Wildman–Crippen LogP) is 2.24. The van der Waals surface area contributed by atoms with Crippen molar-refractivity contribution in [2.75, 3.05) is 0 Å². The summed E-state index contributed by atoms with van der Waals surface area (Å²) in [5.41, 5.74) is 4.99. The normalized spacial score (nSPS) is 10.6. The van der Waals surface area contributed by atoms with Gasteiger partial charge in [-0.15, -0.1) is 0 Å². The van der Waals surface area contributed by atoms with Gasteiger partial charge in [0.2, 0.25) is 5.91 Å². The van der Waals surface area contributed by atoms with E-state index in [1.165, 1.54) is 6.07 Å². The lowest BCUT2D eigenvalue weighted by Gasteiger charge is -2.07. The molecule has 0 saturated carbocycles. The molecule has 0 atom stereocenters. The molecule has 0 aliphatic rings. The zero-order valence-electron chi connectivity index (χ0n) is 9.06. The first-order chi connectivity index (χ1) is 7.80. The molecule has 0 aromatic heterocycles. The van der Waals surface area contributed by atoms with Gasteiger partial charge in [0, 0.05) is 5.56 Å². The minimum absolute atomic E-state index is 0.171. The summed E-state index contributed by atoms with van der Waals surface area (Å²) >= 11 is 0. The summed E-state index contributed by atoms with van der Waals surface area (Å²) in [5.74, 6) is 4.33. The van der Waals surface area contributed by atoms with Crippen molar-refractivity contribution in [2.45, 2.75) is 19.5 Å². The molecule has 1 aromatic carbocycles.